The fourth-order valence-electron chi connectivity index (χ4n) is 9.68. The standard InChI is InChI=1S/C37H56O2S/c1-5-7-8-9-10-12-15-27-19-21-32-31-20-18-28-26-30(22-24-37(28,4)33(31)23-25-36(27,32)3)40-35(38)34(6-2)39-29-16-13-11-14-17-29/h11,13-14,16-18,27,30-34H,5-10,12,15,19-26H2,1-4H3/t27-,30-,31-,32-,33-,34?,36+,37-/m0/s1. The molecule has 0 N–H and O–H groups in total. The van der Waals surface area contributed by atoms with Gasteiger partial charge in [-0.1, -0.05) is 108 Å². The van der Waals surface area contributed by atoms with Gasteiger partial charge in [-0.25, -0.2) is 0 Å². The highest BCUT2D eigenvalue weighted by molar-refractivity contribution is 8.14. The lowest BCUT2D eigenvalue weighted by molar-refractivity contribution is -0.117. The minimum Gasteiger partial charge on any atom is -0.482 e. The maximum Gasteiger partial charge on any atom is 0.229 e. The topological polar surface area (TPSA) is 26.3 Å². The molecule has 3 fully saturated rings. The number of para-hydroxylation sites is 1. The van der Waals surface area contributed by atoms with E-state index in [1.807, 2.05) is 30.3 Å². The van der Waals surface area contributed by atoms with E-state index in [1.54, 1.807) is 17.3 Å². The van der Waals surface area contributed by atoms with Gasteiger partial charge in [0.25, 0.3) is 0 Å². The van der Waals surface area contributed by atoms with Crippen LogP contribution in [0.3, 0.4) is 0 Å². The van der Waals surface area contributed by atoms with Crippen molar-refractivity contribution in [1.82, 2.24) is 0 Å². The summed E-state index contributed by atoms with van der Waals surface area (Å²) in [5.74, 6) is 4.43. The van der Waals surface area contributed by atoms with Crippen molar-refractivity contribution >= 4 is 16.9 Å². The number of hydrogen-bond donors (Lipinski definition) is 0. The van der Waals surface area contributed by atoms with E-state index >= 15 is 0 Å². The van der Waals surface area contributed by atoms with Gasteiger partial charge in [-0.15, -0.1) is 0 Å². The van der Waals surface area contributed by atoms with Crippen LogP contribution < -0.4 is 4.74 Å². The molecule has 0 aliphatic heterocycles. The molecule has 4 aliphatic rings. The van der Waals surface area contributed by atoms with Crippen LogP contribution in [0.5, 0.6) is 5.75 Å². The van der Waals surface area contributed by atoms with Gasteiger partial charge in [-0.3, -0.25) is 4.79 Å². The fourth-order valence-corrected chi connectivity index (χ4v) is 10.9. The molecule has 5 rings (SSSR count). The fraction of sp³-hybridized carbons (Fsp3) is 0.757. The number of benzene rings is 1. The molecule has 1 aromatic rings. The Morgan fingerprint density at radius 2 is 1.73 bits per heavy atom. The van der Waals surface area contributed by atoms with Crippen molar-refractivity contribution in [2.45, 2.75) is 142 Å². The van der Waals surface area contributed by atoms with Crippen molar-refractivity contribution in [3.05, 3.63) is 42.0 Å². The number of unbranched alkanes of at least 4 members (excludes halogenated alkanes) is 5. The summed E-state index contributed by atoms with van der Waals surface area (Å²) in [6, 6.07) is 9.83. The van der Waals surface area contributed by atoms with Gasteiger partial charge in [-0.05, 0) is 111 Å². The molecule has 1 aromatic carbocycles. The molecule has 2 nitrogen and oxygen atoms in total. The molecule has 1 unspecified atom stereocenters. The molecule has 0 amide bonds. The predicted molar refractivity (Wildman–Crippen MR) is 171 cm³/mol. The van der Waals surface area contributed by atoms with Crippen LogP contribution >= 0.6 is 11.8 Å². The van der Waals surface area contributed by atoms with Crippen molar-refractivity contribution in [1.29, 1.82) is 0 Å². The Morgan fingerprint density at radius 1 is 0.950 bits per heavy atom. The van der Waals surface area contributed by atoms with Gasteiger partial charge in [0.2, 0.25) is 5.12 Å². The highest BCUT2D eigenvalue weighted by Crippen LogP contribution is 2.67. The van der Waals surface area contributed by atoms with Crippen molar-refractivity contribution in [2.75, 3.05) is 0 Å². The zero-order chi connectivity index (χ0) is 28.2. The number of thioether (sulfide) groups is 1. The first-order valence-electron chi connectivity index (χ1n) is 17.0. The molecule has 40 heavy (non-hydrogen) atoms. The third-order valence-electron chi connectivity index (χ3n) is 12.1. The number of rotatable bonds is 12. The zero-order valence-corrected chi connectivity index (χ0v) is 26.8. The Balaban J connectivity index is 1.17. The number of carbonyl (C=O) groups excluding carboxylic acids is 1. The van der Waals surface area contributed by atoms with Gasteiger partial charge in [0.05, 0.1) is 0 Å². The summed E-state index contributed by atoms with van der Waals surface area (Å²) in [5, 5.41) is 0.615. The molecule has 0 saturated heterocycles. The molecule has 0 radical (unpaired) electrons. The third-order valence-corrected chi connectivity index (χ3v) is 13.3. The Labute approximate surface area is 249 Å². The zero-order valence-electron chi connectivity index (χ0n) is 26.0. The van der Waals surface area contributed by atoms with Crippen molar-refractivity contribution in [3.8, 4) is 5.75 Å². The lowest BCUT2D eigenvalue weighted by Crippen LogP contribution is -2.50. The van der Waals surface area contributed by atoms with E-state index in [9.17, 15) is 4.79 Å². The Bertz CT molecular complexity index is 1000. The van der Waals surface area contributed by atoms with Crippen LogP contribution in [0.15, 0.2) is 42.0 Å². The second kappa shape index (κ2) is 13.4. The summed E-state index contributed by atoms with van der Waals surface area (Å²) in [7, 11) is 0. The van der Waals surface area contributed by atoms with E-state index in [0.717, 1.165) is 48.7 Å². The minimum absolute atomic E-state index is 0.213. The minimum atomic E-state index is -0.354. The van der Waals surface area contributed by atoms with Gasteiger partial charge in [0.1, 0.15) is 5.75 Å². The average molecular weight is 565 g/mol. The second-order valence-corrected chi connectivity index (χ2v) is 15.6. The second-order valence-electron chi connectivity index (χ2n) is 14.3. The van der Waals surface area contributed by atoms with E-state index in [1.165, 1.54) is 83.5 Å². The van der Waals surface area contributed by atoms with Crippen LogP contribution in [-0.4, -0.2) is 16.5 Å². The summed E-state index contributed by atoms with van der Waals surface area (Å²) in [4.78, 5) is 13.3. The normalized spacial score (nSPS) is 35.7. The Morgan fingerprint density at radius 3 is 2.50 bits per heavy atom. The maximum atomic E-state index is 13.3. The van der Waals surface area contributed by atoms with E-state index < -0.39 is 0 Å². The molecule has 4 aliphatic carbocycles. The number of carbonyl (C=O) groups is 1. The monoisotopic (exact) mass is 564 g/mol. The smallest absolute Gasteiger partial charge is 0.229 e. The van der Waals surface area contributed by atoms with Crippen LogP contribution in [0.1, 0.15) is 130 Å². The molecule has 0 aromatic heterocycles. The van der Waals surface area contributed by atoms with E-state index in [-0.39, 0.29) is 11.2 Å². The van der Waals surface area contributed by atoms with E-state index in [0.29, 0.717) is 16.1 Å². The number of ether oxygens (including phenoxy) is 1. The van der Waals surface area contributed by atoms with Crippen LogP contribution in [0.25, 0.3) is 0 Å². The highest BCUT2D eigenvalue weighted by Gasteiger charge is 2.58. The molecule has 0 spiro atoms. The molecule has 3 heteroatoms. The first-order chi connectivity index (χ1) is 19.4. The molecule has 0 bridgehead atoms. The summed E-state index contributed by atoms with van der Waals surface area (Å²) in [6.07, 6.45) is 23.7. The molecule has 222 valence electrons. The van der Waals surface area contributed by atoms with E-state index in [2.05, 4.69) is 33.8 Å². The van der Waals surface area contributed by atoms with Gasteiger partial charge in [0.15, 0.2) is 6.10 Å². The SMILES string of the molecule is CCCCCCCC[C@H]1CC[C@H]2[C@@H]3CC=C4C[C@@H](SC(=O)C(CC)Oc5ccccc5)CC[C@]4(C)[C@H]3CC[C@]12C. The van der Waals surface area contributed by atoms with Gasteiger partial charge in [0, 0.05) is 5.25 Å². The van der Waals surface area contributed by atoms with Crippen molar-refractivity contribution in [2.24, 2.45) is 34.5 Å². The summed E-state index contributed by atoms with van der Waals surface area (Å²) in [5.41, 5.74) is 2.62. The molecule has 0 heterocycles. The van der Waals surface area contributed by atoms with Crippen LogP contribution in [0.2, 0.25) is 0 Å². The number of fused-ring (bicyclic) bond motifs is 5. The first-order valence-corrected chi connectivity index (χ1v) is 17.9. The highest BCUT2D eigenvalue weighted by atomic mass is 32.2. The molecular formula is C37H56O2S. The lowest BCUT2D eigenvalue weighted by atomic mass is 9.47. The predicted octanol–water partition coefficient (Wildman–Crippen LogP) is 10.8. The van der Waals surface area contributed by atoms with Gasteiger partial charge >= 0.3 is 0 Å². The first kappa shape index (κ1) is 30.2. The Kier molecular flexibility index (Phi) is 10.1. The quantitative estimate of drug-likeness (QED) is 0.186. The Hall–Kier alpha value is -1.22. The van der Waals surface area contributed by atoms with E-state index in [4.69, 9.17) is 4.74 Å². The summed E-state index contributed by atoms with van der Waals surface area (Å²) < 4.78 is 6.08. The number of allylic oxidation sites excluding steroid dienone is 2. The molecule has 3 saturated carbocycles. The van der Waals surface area contributed by atoms with Crippen LogP contribution in [-0.2, 0) is 4.79 Å². The maximum absolute atomic E-state index is 13.3. The van der Waals surface area contributed by atoms with Crippen molar-refractivity contribution < 1.29 is 9.53 Å². The summed E-state index contributed by atoms with van der Waals surface area (Å²) in [6.45, 7) is 9.69. The van der Waals surface area contributed by atoms with Gasteiger partial charge in [-0.2, -0.15) is 0 Å². The molecule has 8 atom stereocenters. The largest absolute Gasteiger partial charge is 0.482 e. The van der Waals surface area contributed by atoms with Gasteiger partial charge < -0.3 is 4.74 Å². The van der Waals surface area contributed by atoms with Crippen LogP contribution in [0.4, 0.5) is 0 Å². The summed E-state index contributed by atoms with van der Waals surface area (Å²) >= 11 is 1.58. The third kappa shape index (κ3) is 6.25. The lowest BCUT2D eigenvalue weighted by Gasteiger charge is -2.58. The van der Waals surface area contributed by atoms with Crippen molar-refractivity contribution in [3.63, 3.8) is 0 Å². The number of hydrogen-bond acceptors (Lipinski definition) is 3. The van der Waals surface area contributed by atoms with Crippen LogP contribution in [0, 0.1) is 34.5 Å². The average Bonchev–Trinajstić information content (AvgIpc) is 3.30. The molecular weight excluding hydrogens is 508 g/mol.